The fourth-order valence-electron chi connectivity index (χ4n) is 2.64. The van der Waals surface area contributed by atoms with Gasteiger partial charge in [0.2, 0.25) is 0 Å². The molecule has 0 amide bonds. The Morgan fingerprint density at radius 3 is 2.67 bits per heavy atom. The number of benzene rings is 2. The highest BCUT2D eigenvalue weighted by molar-refractivity contribution is 6.30. The maximum absolute atomic E-state index is 6.06. The Labute approximate surface area is 132 Å². The lowest BCUT2D eigenvalue weighted by Crippen LogP contribution is -2.18. The summed E-state index contributed by atoms with van der Waals surface area (Å²) in [6.07, 6.45) is 2.25. The van der Waals surface area contributed by atoms with E-state index in [4.69, 9.17) is 16.3 Å². The molecular weight excluding hydrogens is 282 g/mol. The van der Waals surface area contributed by atoms with Crippen LogP contribution in [0.3, 0.4) is 0 Å². The van der Waals surface area contributed by atoms with Gasteiger partial charge < -0.3 is 10.1 Å². The van der Waals surface area contributed by atoms with Gasteiger partial charge in [0.25, 0.3) is 0 Å². The Balaban J connectivity index is 2.42. The van der Waals surface area contributed by atoms with Gasteiger partial charge in [-0.3, -0.25) is 0 Å². The van der Waals surface area contributed by atoms with Crippen LogP contribution in [0.2, 0.25) is 5.02 Å². The third-order valence-corrected chi connectivity index (χ3v) is 3.85. The van der Waals surface area contributed by atoms with Crippen LogP contribution < -0.4 is 10.1 Å². The maximum Gasteiger partial charge on any atom is 0.125 e. The van der Waals surface area contributed by atoms with E-state index in [0.29, 0.717) is 5.02 Å². The van der Waals surface area contributed by atoms with Crippen LogP contribution in [0.15, 0.2) is 42.5 Å². The zero-order chi connectivity index (χ0) is 15.2. The predicted molar refractivity (Wildman–Crippen MR) is 89.3 cm³/mol. The monoisotopic (exact) mass is 303 g/mol. The summed E-state index contributed by atoms with van der Waals surface area (Å²) >= 11 is 6.06. The molecule has 0 bridgehead atoms. The predicted octanol–water partition coefficient (Wildman–Crippen LogP) is 4.61. The zero-order valence-corrected chi connectivity index (χ0v) is 13.6. The molecule has 0 aromatic heterocycles. The zero-order valence-electron chi connectivity index (χ0n) is 12.8. The molecule has 1 atom stereocenters. The van der Waals surface area contributed by atoms with E-state index in [9.17, 15) is 0 Å². The number of rotatable bonds is 6. The van der Waals surface area contributed by atoms with E-state index in [1.807, 2.05) is 25.2 Å². The number of aryl methyl sites for hydroxylation is 1. The largest absolute Gasteiger partial charge is 0.496 e. The molecule has 1 unspecified atom stereocenters. The van der Waals surface area contributed by atoms with Crippen molar-refractivity contribution in [2.45, 2.75) is 25.8 Å². The molecule has 2 nitrogen and oxygen atoms in total. The fraction of sp³-hybridized carbons (Fsp3) is 0.333. The van der Waals surface area contributed by atoms with Crippen molar-refractivity contribution in [1.82, 2.24) is 5.32 Å². The van der Waals surface area contributed by atoms with Crippen LogP contribution in [0.1, 0.15) is 36.1 Å². The second-order valence-corrected chi connectivity index (χ2v) is 5.54. The fourth-order valence-corrected chi connectivity index (χ4v) is 2.80. The van der Waals surface area contributed by atoms with Gasteiger partial charge >= 0.3 is 0 Å². The van der Waals surface area contributed by atoms with Crippen LogP contribution in [0.4, 0.5) is 0 Å². The SMILES string of the molecule is CCCc1cccc(C(NC)c2ccc(Cl)cc2OC)c1. The van der Waals surface area contributed by atoms with Gasteiger partial charge in [0.1, 0.15) is 5.75 Å². The van der Waals surface area contributed by atoms with Crippen molar-refractivity contribution < 1.29 is 4.74 Å². The van der Waals surface area contributed by atoms with Gasteiger partial charge in [0.05, 0.1) is 13.2 Å². The second-order valence-electron chi connectivity index (χ2n) is 5.10. The smallest absolute Gasteiger partial charge is 0.125 e. The number of ether oxygens (including phenoxy) is 1. The summed E-state index contributed by atoms with van der Waals surface area (Å²) in [5.74, 6) is 0.808. The lowest BCUT2D eigenvalue weighted by molar-refractivity contribution is 0.405. The van der Waals surface area contributed by atoms with Crippen LogP contribution in [0, 0.1) is 0 Å². The van der Waals surface area contributed by atoms with E-state index in [2.05, 4.69) is 36.5 Å². The first-order valence-corrected chi connectivity index (χ1v) is 7.67. The average Bonchev–Trinajstić information content (AvgIpc) is 2.50. The lowest BCUT2D eigenvalue weighted by atomic mass is 9.95. The summed E-state index contributed by atoms with van der Waals surface area (Å²) in [4.78, 5) is 0. The van der Waals surface area contributed by atoms with Crippen molar-refractivity contribution >= 4 is 11.6 Å². The van der Waals surface area contributed by atoms with Gasteiger partial charge in [-0.05, 0) is 36.7 Å². The highest BCUT2D eigenvalue weighted by Gasteiger charge is 2.17. The number of nitrogens with one attached hydrogen (secondary N) is 1. The Morgan fingerprint density at radius 1 is 1.19 bits per heavy atom. The van der Waals surface area contributed by atoms with Crippen LogP contribution in [-0.2, 0) is 6.42 Å². The molecule has 0 spiro atoms. The number of hydrogen-bond donors (Lipinski definition) is 1. The molecule has 2 aromatic rings. The van der Waals surface area contributed by atoms with Crippen molar-refractivity contribution in [3.63, 3.8) is 0 Å². The van der Waals surface area contributed by atoms with E-state index >= 15 is 0 Å². The van der Waals surface area contributed by atoms with Gasteiger partial charge in [0, 0.05) is 10.6 Å². The molecule has 3 heteroatoms. The molecule has 0 radical (unpaired) electrons. The minimum Gasteiger partial charge on any atom is -0.496 e. The van der Waals surface area contributed by atoms with E-state index < -0.39 is 0 Å². The molecule has 0 saturated heterocycles. The van der Waals surface area contributed by atoms with Crippen LogP contribution in [-0.4, -0.2) is 14.2 Å². The molecular formula is C18H22ClNO. The maximum atomic E-state index is 6.06. The van der Waals surface area contributed by atoms with Crippen molar-refractivity contribution in [3.05, 3.63) is 64.2 Å². The van der Waals surface area contributed by atoms with E-state index in [1.165, 1.54) is 11.1 Å². The Kier molecular flexibility index (Phi) is 5.66. The molecule has 2 aromatic carbocycles. The van der Waals surface area contributed by atoms with Crippen LogP contribution >= 0.6 is 11.6 Å². The molecule has 21 heavy (non-hydrogen) atoms. The third-order valence-electron chi connectivity index (χ3n) is 3.62. The van der Waals surface area contributed by atoms with Crippen molar-refractivity contribution in [2.75, 3.05) is 14.2 Å². The van der Waals surface area contributed by atoms with Gasteiger partial charge in [-0.15, -0.1) is 0 Å². The topological polar surface area (TPSA) is 21.3 Å². The molecule has 112 valence electrons. The van der Waals surface area contributed by atoms with E-state index in [-0.39, 0.29) is 6.04 Å². The first-order valence-electron chi connectivity index (χ1n) is 7.29. The summed E-state index contributed by atoms with van der Waals surface area (Å²) < 4.78 is 5.48. The molecule has 1 N–H and O–H groups in total. The molecule has 0 heterocycles. The molecule has 0 aliphatic rings. The summed E-state index contributed by atoms with van der Waals surface area (Å²) in [7, 11) is 3.64. The first kappa shape index (κ1) is 15.9. The van der Waals surface area contributed by atoms with Gasteiger partial charge in [-0.25, -0.2) is 0 Å². The van der Waals surface area contributed by atoms with Crippen LogP contribution in [0.25, 0.3) is 0 Å². The third kappa shape index (κ3) is 3.78. The average molecular weight is 304 g/mol. The number of methoxy groups -OCH3 is 1. The lowest BCUT2D eigenvalue weighted by Gasteiger charge is -2.20. The minimum atomic E-state index is 0.0917. The summed E-state index contributed by atoms with van der Waals surface area (Å²) in [6.45, 7) is 2.20. The van der Waals surface area contributed by atoms with Crippen molar-refractivity contribution in [1.29, 1.82) is 0 Å². The quantitative estimate of drug-likeness (QED) is 0.841. The highest BCUT2D eigenvalue weighted by atomic mass is 35.5. The minimum absolute atomic E-state index is 0.0917. The normalized spacial score (nSPS) is 12.2. The standard InChI is InChI=1S/C18H22ClNO/c1-4-6-13-7-5-8-14(11-13)18(20-2)16-10-9-15(19)12-17(16)21-3/h5,7-12,18,20H,4,6H2,1-3H3. The van der Waals surface area contributed by atoms with Crippen LogP contribution in [0.5, 0.6) is 5.75 Å². The van der Waals surface area contributed by atoms with E-state index in [1.54, 1.807) is 7.11 Å². The molecule has 2 rings (SSSR count). The molecule has 0 aliphatic carbocycles. The molecule has 0 aliphatic heterocycles. The van der Waals surface area contributed by atoms with Gasteiger partial charge in [-0.2, -0.15) is 0 Å². The van der Waals surface area contributed by atoms with Gasteiger partial charge in [-0.1, -0.05) is 55.3 Å². The van der Waals surface area contributed by atoms with E-state index in [0.717, 1.165) is 24.2 Å². The number of halogens is 1. The van der Waals surface area contributed by atoms with Crippen molar-refractivity contribution in [3.8, 4) is 5.75 Å². The Bertz CT molecular complexity index is 598. The Hall–Kier alpha value is -1.51. The highest BCUT2D eigenvalue weighted by Crippen LogP contribution is 2.32. The Morgan fingerprint density at radius 2 is 2.00 bits per heavy atom. The van der Waals surface area contributed by atoms with Gasteiger partial charge in [0.15, 0.2) is 0 Å². The first-order chi connectivity index (χ1) is 10.2. The number of hydrogen-bond acceptors (Lipinski definition) is 2. The second kappa shape index (κ2) is 7.48. The summed E-state index contributed by atoms with van der Waals surface area (Å²) in [5.41, 5.74) is 3.70. The molecule has 0 saturated carbocycles. The molecule has 0 fully saturated rings. The summed E-state index contributed by atoms with van der Waals surface area (Å²) in [5, 5.41) is 4.06. The van der Waals surface area contributed by atoms with Crippen molar-refractivity contribution in [2.24, 2.45) is 0 Å². The summed E-state index contributed by atoms with van der Waals surface area (Å²) in [6, 6.07) is 14.6.